The van der Waals surface area contributed by atoms with Crippen molar-refractivity contribution in [1.82, 2.24) is 9.88 Å². The van der Waals surface area contributed by atoms with Crippen LogP contribution in [0.15, 0.2) is 15.5 Å². The number of aromatic nitrogens is 1. The Kier molecular flexibility index (Phi) is 9.32. The number of nitrogens with zero attached hydrogens (tertiary/aromatic N) is 3. The third kappa shape index (κ3) is 8.12. The van der Waals surface area contributed by atoms with Gasteiger partial charge in [-0.05, 0) is 62.5 Å². The zero-order valence-electron chi connectivity index (χ0n) is 15.6. The SMILES string of the molecule is CCN(C)C=Nc1cc(Br)c(O[C@@H](C)CCC(F)CC(C)F)nc1C. The fraction of sp³-hybridized carbons (Fsp3) is 0.667. The van der Waals surface area contributed by atoms with Crippen LogP contribution in [-0.4, -0.2) is 48.3 Å². The van der Waals surface area contributed by atoms with Crippen molar-refractivity contribution in [3.63, 3.8) is 0 Å². The average Bonchev–Trinajstić information content (AvgIpc) is 2.53. The van der Waals surface area contributed by atoms with Crippen LogP contribution >= 0.6 is 15.9 Å². The van der Waals surface area contributed by atoms with Crippen molar-refractivity contribution in [3.05, 3.63) is 16.2 Å². The molecule has 0 spiro atoms. The molecule has 2 unspecified atom stereocenters. The number of ether oxygens (including phenoxy) is 1. The van der Waals surface area contributed by atoms with Gasteiger partial charge in [-0.3, -0.25) is 0 Å². The standard InChI is InChI=1S/C18H28BrF2N3O/c1-6-24(5)11-22-17-10-16(19)18(23-14(17)4)25-13(3)7-8-15(21)9-12(2)20/h10-13,15H,6-9H2,1-5H3/t12?,13-,15?/m0/s1. The highest BCUT2D eigenvalue weighted by Crippen LogP contribution is 2.30. The molecular formula is C18H28BrF2N3O. The summed E-state index contributed by atoms with van der Waals surface area (Å²) < 4.78 is 32.9. The molecule has 25 heavy (non-hydrogen) atoms. The Hall–Kier alpha value is -1.24. The summed E-state index contributed by atoms with van der Waals surface area (Å²) in [6, 6.07) is 1.85. The van der Waals surface area contributed by atoms with Gasteiger partial charge in [-0.15, -0.1) is 0 Å². The van der Waals surface area contributed by atoms with Gasteiger partial charge in [0.15, 0.2) is 0 Å². The van der Waals surface area contributed by atoms with Gasteiger partial charge in [-0.25, -0.2) is 18.8 Å². The van der Waals surface area contributed by atoms with E-state index in [9.17, 15) is 8.78 Å². The quantitative estimate of drug-likeness (QED) is 0.376. The van der Waals surface area contributed by atoms with Crippen LogP contribution in [0.2, 0.25) is 0 Å². The summed E-state index contributed by atoms with van der Waals surface area (Å²) in [6.07, 6.45) is -0.00235. The predicted octanol–water partition coefficient (Wildman–Crippen LogP) is 5.40. The van der Waals surface area contributed by atoms with Gasteiger partial charge in [-0.2, -0.15) is 0 Å². The number of aryl methyl sites for hydroxylation is 1. The average molecular weight is 420 g/mol. The van der Waals surface area contributed by atoms with E-state index in [-0.39, 0.29) is 18.9 Å². The lowest BCUT2D eigenvalue weighted by atomic mass is 10.1. The highest BCUT2D eigenvalue weighted by Gasteiger charge is 2.16. The molecule has 7 heteroatoms. The molecular weight excluding hydrogens is 392 g/mol. The smallest absolute Gasteiger partial charge is 0.228 e. The molecule has 0 bridgehead atoms. The van der Waals surface area contributed by atoms with E-state index in [1.165, 1.54) is 6.92 Å². The van der Waals surface area contributed by atoms with Gasteiger partial charge in [0.2, 0.25) is 5.88 Å². The maximum absolute atomic E-state index is 13.6. The molecule has 3 atom stereocenters. The van der Waals surface area contributed by atoms with Crippen LogP contribution in [0.4, 0.5) is 14.5 Å². The number of halogens is 3. The lowest BCUT2D eigenvalue weighted by molar-refractivity contribution is 0.163. The van der Waals surface area contributed by atoms with Crippen molar-refractivity contribution >= 4 is 28.0 Å². The third-order valence-corrected chi connectivity index (χ3v) is 4.35. The number of alkyl halides is 2. The van der Waals surface area contributed by atoms with Gasteiger partial charge in [0, 0.05) is 20.0 Å². The van der Waals surface area contributed by atoms with Gasteiger partial charge < -0.3 is 9.64 Å². The summed E-state index contributed by atoms with van der Waals surface area (Å²) in [6.45, 7) is 8.01. The molecule has 1 aromatic heterocycles. The van der Waals surface area contributed by atoms with Crippen LogP contribution in [0.5, 0.6) is 5.88 Å². The Balaban J connectivity index is 2.67. The topological polar surface area (TPSA) is 37.7 Å². The molecule has 0 N–H and O–H groups in total. The van der Waals surface area contributed by atoms with E-state index in [0.29, 0.717) is 16.8 Å². The first-order valence-electron chi connectivity index (χ1n) is 8.59. The molecule has 142 valence electrons. The molecule has 0 saturated heterocycles. The molecule has 0 saturated carbocycles. The first-order chi connectivity index (χ1) is 11.7. The Morgan fingerprint density at radius 1 is 1.36 bits per heavy atom. The van der Waals surface area contributed by atoms with Crippen LogP contribution in [0, 0.1) is 6.92 Å². The molecule has 0 radical (unpaired) electrons. The highest BCUT2D eigenvalue weighted by atomic mass is 79.9. The second-order valence-corrected chi connectivity index (χ2v) is 7.17. The van der Waals surface area contributed by atoms with Gasteiger partial charge in [0.05, 0.1) is 28.3 Å². The van der Waals surface area contributed by atoms with E-state index in [1.807, 2.05) is 38.8 Å². The minimum atomic E-state index is -1.14. The molecule has 1 heterocycles. The van der Waals surface area contributed by atoms with Crippen molar-refractivity contribution in [2.45, 2.75) is 65.4 Å². The second kappa shape index (κ2) is 10.7. The van der Waals surface area contributed by atoms with E-state index in [4.69, 9.17) is 4.74 Å². The van der Waals surface area contributed by atoms with Crippen molar-refractivity contribution in [1.29, 1.82) is 0 Å². The second-order valence-electron chi connectivity index (χ2n) is 6.32. The van der Waals surface area contributed by atoms with Crippen molar-refractivity contribution in [3.8, 4) is 5.88 Å². The highest BCUT2D eigenvalue weighted by molar-refractivity contribution is 9.10. The first kappa shape index (κ1) is 21.8. The fourth-order valence-electron chi connectivity index (χ4n) is 2.14. The van der Waals surface area contributed by atoms with E-state index in [0.717, 1.165) is 17.9 Å². The maximum Gasteiger partial charge on any atom is 0.228 e. The largest absolute Gasteiger partial charge is 0.474 e. The first-order valence-corrected chi connectivity index (χ1v) is 9.38. The molecule has 0 aliphatic heterocycles. The van der Waals surface area contributed by atoms with Crippen molar-refractivity contribution < 1.29 is 13.5 Å². The van der Waals surface area contributed by atoms with E-state index in [2.05, 4.69) is 25.9 Å². The molecule has 0 fully saturated rings. The van der Waals surface area contributed by atoms with Crippen LogP contribution in [0.1, 0.15) is 45.7 Å². The zero-order chi connectivity index (χ0) is 19.0. The van der Waals surface area contributed by atoms with E-state index >= 15 is 0 Å². The fourth-order valence-corrected chi connectivity index (χ4v) is 2.54. The number of rotatable bonds is 10. The van der Waals surface area contributed by atoms with E-state index < -0.39 is 12.3 Å². The molecule has 0 aliphatic rings. The van der Waals surface area contributed by atoms with Crippen molar-refractivity contribution in [2.24, 2.45) is 4.99 Å². The monoisotopic (exact) mass is 419 g/mol. The van der Waals surface area contributed by atoms with Crippen molar-refractivity contribution in [2.75, 3.05) is 13.6 Å². The van der Waals surface area contributed by atoms with Crippen LogP contribution in [0.3, 0.4) is 0 Å². The summed E-state index contributed by atoms with van der Waals surface area (Å²) in [5.41, 5.74) is 1.51. The number of pyridine rings is 1. The molecule has 0 aliphatic carbocycles. The Bertz CT molecular complexity index is 569. The van der Waals surface area contributed by atoms with Gasteiger partial charge in [0.1, 0.15) is 12.3 Å². The summed E-state index contributed by atoms with van der Waals surface area (Å²) in [7, 11) is 1.95. The summed E-state index contributed by atoms with van der Waals surface area (Å²) in [5, 5.41) is 0. The lowest BCUT2D eigenvalue weighted by Crippen LogP contribution is -2.17. The molecule has 4 nitrogen and oxygen atoms in total. The van der Waals surface area contributed by atoms with Gasteiger partial charge in [0.25, 0.3) is 0 Å². The number of aliphatic imine (C=N–C) groups is 1. The minimum Gasteiger partial charge on any atom is -0.474 e. The summed E-state index contributed by atoms with van der Waals surface area (Å²) >= 11 is 3.45. The molecule has 0 aromatic carbocycles. The Morgan fingerprint density at radius 2 is 2.04 bits per heavy atom. The van der Waals surface area contributed by atoms with Crippen LogP contribution in [-0.2, 0) is 0 Å². The van der Waals surface area contributed by atoms with Gasteiger partial charge in [-0.1, -0.05) is 0 Å². The third-order valence-electron chi connectivity index (χ3n) is 3.78. The Labute approximate surface area is 157 Å². The van der Waals surface area contributed by atoms with Crippen LogP contribution < -0.4 is 4.74 Å². The van der Waals surface area contributed by atoms with Crippen LogP contribution in [0.25, 0.3) is 0 Å². The number of hydrogen-bond donors (Lipinski definition) is 0. The summed E-state index contributed by atoms with van der Waals surface area (Å²) in [4.78, 5) is 10.8. The number of hydrogen-bond acceptors (Lipinski definition) is 3. The predicted molar refractivity (Wildman–Crippen MR) is 103 cm³/mol. The molecule has 1 rings (SSSR count). The lowest BCUT2D eigenvalue weighted by Gasteiger charge is -2.17. The molecule has 0 amide bonds. The Morgan fingerprint density at radius 3 is 2.64 bits per heavy atom. The molecule has 1 aromatic rings. The van der Waals surface area contributed by atoms with E-state index in [1.54, 1.807) is 6.34 Å². The normalized spacial score (nSPS) is 15.2. The van der Waals surface area contributed by atoms with Gasteiger partial charge >= 0.3 is 0 Å². The minimum absolute atomic E-state index is 0.0628. The maximum atomic E-state index is 13.6. The summed E-state index contributed by atoms with van der Waals surface area (Å²) in [5.74, 6) is 0.460. The zero-order valence-corrected chi connectivity index (χ0v) is 17.2.